The zero-order valence-corrected chi connectivity index (χ0v) is 15.4. The summed E-state index contributed by atoms with van der Waals surface area (Å²) in [5, 5.41) is 5.39. The highest BCUT2D eigenvalue weighted by atomic mass is 32.1. The third-order valence-electron chi connectivity index (χ3n) is 4.50. The van der Waals surface area contributed by atoms with E-state index in [2.05, 4.69) is 25.3 Å². The van der Waals surface area contributed by atoms with Gasteiger partial charge in [0.2, 0.25) is 5.95 Å². The number of nitrogens with zero attached hydrogens (tertiary/aromatic N) is 5. The van der Waals surface area contributed by atoms with Gasteiger partial charge in [0, 0.05) is 48.5 Å². The third kappa shape index (κ3) is 4.03. The Hall–Kier alpha value is -3.07. The van der Waals surface area contributed by atoms with Gasteiger partial charge >= 0.3 is 6.03 Å². The van der Waals surface area contributed by atoms with E-state index in [0.717, 1.165) is 29.8 Å². The molecule has 4 heterocycles. The zero-order chi connectivity index (χ0) is 18.6. The van der Waals surface area contributed by atoms with Gasteiger partial charge in [0.1, 0.15) is 0 Å². The number of thiazole rings is 1. The number of nitrogens with two attached hydrogens (primary N) is 1. The van der Waals surface area contributed by atoms with Crippen molar-refractivity contribution in [2.75, 3.05) is 24.1 Å². The van der Waals surface area contributed by atoms with Crippen molar-refractivity contribution >= 4 is 28.4 Å². The molecular weight excluding hydrogens is 362 g/mol. The number of piperidine rings is 1. The third-order valence-corrected chi connectivity index (χ3v) is 5.26. The van der Waals surface area contributed by atoms with Crippen LogP contribution in [-0.4, -0.2) is 44.0 Å². The van der Waals surface area contributed by atoms with Crippen LogP contribution in [0.1, 0.15) is 24.5 Å². The minimum absolute atomic E-state index is 0.145. The first-order chi connectivity index (χ1) is 13.2. The monoisotopic (exact) mass is 381 g/mol. The standard InChI is InChI=1S/C18H19N7OS/c19-16-21-7-5-14(22-16)13-4-2-8-25(10-13)18(26)24-17-23-15(11-27-17)12-3-1-6-20-9-12/h1,3,5-7,9,11,13H,2,4,8,10H2,(H2,19,21,22)(H,23,24,26)/t13-/m0/s1. The van der Waals surface area contributed by atoms with Gasteiger partial charge in [-0.3, -0.25) is 10.3 Å². The summed E-state index contributed by atoms with van der Waals surface area (Å²) in [5.74, 6) is 0.428. The topological polar surface area (TPSA) is 110 Å². The molecule has 0 bridgehead atoms. The Kier molecular flexibility index (Phi) is 4.93. The van der Waals surface area contributed by atoms with Crippen LogP contribution in [0.3, 0.4) is 0 Å². The Labute approximate surface area is 160 Å². The number of hydrogen-bond acceptors (Lipinski definition) is 7. The molecule has 1 aliphatic heterocycles. The lowest BCUT2D eigenvalue weighted by Crippen LogP contribution is -2.41. The van der Waals surface area contributed by atoms with E-state index in [0.29, 0.717) is 18.2 Å². The van der Waals surface area contributed by atoms with E-state index in [1.807, 2.05) is 23.6 Å². The van der Waals surface area contributed by atoms with Crippen LogP contribution in [0.15, 0.2) is 42.2 Å². The summed E-state index contributed by atoms with van der Waals surface area (Å²) in [5.41, 5.74) is 8.30. The molecule has 0 saturated carbocycles. The van der Waals surface area contributed by atoms with E-state index in [9.17, 15) is 4.79 Å². The number of carbonyl (C=O) groups is 1. The number of amides is 2. The quantitative estimate of drug-likeness (QED) is 0.722. The largest absolute Gasteiger partial charge is 0.368 e. The van der Waals surface area contributed by atoms with Crippen LogP contribution >= 0.6 is 11.3 Å². The van der Waals surface area contributed by atoms with Crippen LogP contribution in [0.2, 0.25) is 0 Å². The molecule has 3 aromatic rings. The van der Waals surface area contributed by atoms with E-state index in [4.69, 9.17) is 5.73 Å². The number of rotatable bonds is 3. The van der Waals surface area contributed by atoms with Crippen LogP contribution < -0.4 is 11.1 Å². The van der Waals surface area contributed by atoms with Crippen LogP contribution in [0.5, 0.6) is 0 Å². The van der Waals surface area contributed by atoms with Crippen LogP contribution in [0, 0.1) is 0 Å². The average Bonchev–Trinajstić information content (AvgIpc) is 3.17. The predicted octanol–water partition coefficient (Wildman–Crippen LogP) is 2.99. The lowest BCUT2D eigenvalue weighted by molar-refractivity contribution is 0.192. The highest BCUT2D eigenvalue weighted by Crippen LogP contribution is 2.27. The van der Waals surface area contributed by atoms with Crippen molar-refractivity contribution in [1.82, 2.24) is 24.8 Å². The van der Waals surface area contributed by atoms with Gasteiger partial charge in [-0.15, -0.1) is 11.3 Å². The fourth-order valence-corrected chi connectivity index (χ4v) is 3.88. The minimum atomic E-state index is -0.145. The maximum absolute atomic E-state index is 12.7. The number of carbonyl (C=O) groups excluding carboxylic acids is 1. The molecular formula is C18H19N7OS. The van der Waals surface area contributed by atoms with Crippen molar-refractivity contribution in [2.45, 2.75) is 18.8 Å². The van der Waals surface area contributed by atoms with Gasteiger partial charge in [-0.1, -0.05) is 0 Å². The van der Waals surface area contributed by atoms with E-state index in [1.165, 1.54) is 11.3 Å². The summed E-state index contributed by atoms with van der Waals surface area (Å²) in [7, 11) is 0. The molecule has 1 fully saturated rings. The van der Waals surface area contributed by atoms with Crippen molar-refractivity contribution in [2.24, 2.45) is 0 Å². The Balaban J connectivity index is 1.42. The van der Waals surface area contributed by atoms with Crippen LogP contribution in [0.25, 0.3) is 11.3 Å². The molecule has 0 aromatic carbocycles. The Morgan fingerprint density at radius 2 is 2.22 bits per heavy atom. The average molecular weight is 381 g/mol. The lowest BCUT2D eigenvalue weighted by Gasteiger charge is -2.32. The molecule has 0 aliphatic carbocycles. The molecule has 0 unspecified atom stereocenters. The van der Waals surface area contributed by atoms with Gasteiger partial charge in [-0.2, -0.15) is 0 Å². The maximum atomic E-state index is 12.7. The maximum Gasteiger partial charge on any atom is 0.323 e. The van der Waals surface area contributed by atoms with Crippen molar-refractivity contribution < 1.29 is 4.79 Å². The molecule has 9 heteroatoms. The van der Waals surface area contributed by atoms with E-state index >= 15 is 0 Å². The number of nitrogens with one attached hydrogen (secondary N) is 1. The van der Waals surface area contributed by atoms with Gasteiger partial charge in [0.15, 0.2) is 5.13 Å². The first kappa shape index (κ1) is 17.3. The molecule has 8 nitrogen and oxygen atoms in total. The molecule has 27 heavy (non-hydrogen) atoms. The van der Waals surface area contributed by atoms with Gasteiger partial charge in [0.05, 0.1) is 11.4 Å². The first-order valence-corrected chi connectivity index (χ1v) is 9.57. The summed E-state index contributed by atoms with van der Waals surface area (Å²) in [4.78, 5) is 31.3. The first-order valence-electron chi connectivity index (χ1n) is 8.69. The molecule has 1 aliphatic rings. The fraction of sp³-hybridized carbons (Fsp3) is 0.278. The van der Waals surface area contributed by atoms with Crippen molar-refractivity contribution in [3.05, 3.63) is 47.9 Å². The molecule has 1 saturated heterocycles. The second kappa shape index (κ2) is 7.67. The highest BCUT2D eigenvalue weighted by Gasteiger charge is 2.26. The second-order valence-corrected chi connectivity index (χ2v) is 7.19. The number of nitrogen functional groups attached to an aromatic ring is 1. The summed E-state index contributed by atoms with van der Waals surface area (Å²) >= 11 is 1.40. The summed E-state index contributed by atoms with van der Waals surface area (Å²) in [6, 6.07) is 5.52. The van der Waals surface area contributed by atoms with Gasteiger partial charge in [-0.05, 0) is 31.0 Å². The van der Waals surface area contributed by atoms with Crippen LogP contribution in [0.4, 0.5) is 15.9 Å². The van der Waals surface area contributed by atoms with Gasteiger partial charge in [0.25, 0.3) is 0 Å². The number of aromatic nitrogens is 4. The summed E-state index contributed by atoms with van der Waals surface area (Å²) < 4.78 is 0. The zero-order valence-electron chi connectivity index (χ0n) is 14.6. The molecule has 0 radical (unpaired) electrons. The number of likely N-dealkylation sites (tertiary alicyclic amines) is 1. The Morgan fingerprint density at radius 3 is 3.04 bits per heavy atom. The number of urea groups is 1. The molecule has 3 aromatic heterocycles. The molecule has 4 rings (SSSR count). The Morgan fingerprint density at radius 1 is 1.30 bits per heavy atom. The number of anilines is 2. The van der Waals surface area contributed by atoms with E-state index in [-0.39, 0.29) is 17.9 Å². The fourth-order valence-electron chi connectivity index (χ4n) is 3.17. The smallest absolute Gasteiger partial charge is 0.323 e. The number of pyridine rings is 1. The van der Waals surface area contributed by atoms with Gasteiger partial charge < -0.3 is 10.6 Å². The Bertz CT molecular complexity index is 930. The van der Waals surface area contributed by atoms with Crippen molar-refractivity contribution in [3.63, 3.8) is 0 Å². The number of hydrogen-bond donors (Lipinski definition) is 2. The summed E-state index contributed by atoms with van der Waals surface area (Å²) in [6.07, 6.45) is 7.02. The highest BCUT2D eigenvalue weighted by molar-refractivity contribution is 7.14. The SMILES string of the molecule is Nc1nccc([C@H]2CCCN(C(=O)Nc3nc(-c4cccnc4)cs3)C2)n1. The predicted molar refractivity (Wildman–Crippen MR) is 104 cm³/mol. The van der Waals surface area contributed by atoms with Crippen molar-refractivity contribution in [3.8, 4) is 11.3 Å². The minimum Gasteiger partial charge on any atom is -0.368 e. The lowest BCUT2D eigenvalue weighted by atomic mass is 9.95. The molecule has 3 N–H and O–H groups in total. The molecule has 0 spiro atoms. The molecule has 1 atom stereocenters. The second-order valence-electron chi connectivity index (χ2n) is 6.33. The van der Waals surface area contributed by atoms with Crippen molar-refractivity contribution in [1.29, 1.82) is 0 Å². The molecule has 138 valence electrons. The van der Waals surface area contributed by atoms with Crippen LogP contribution in [-0.2, 0) is 0 Å². The van der Waals surface area contributed by atoms with Gasteiger partial charge in [-0.25, -0.2) is 19.7 Å². The normalized spacial score (nSPS) is 16.9. The van der Waals surface area contributed by atoms with E-state index in [1.54, 1.807) is 23.5 Å². The molecule has 2 amide bonds. The summed E-state index contributed by atoms with van der Waals surface area (Å²) in [6.45, 7) is 1.31. The van der Waals surface area contributed by atoms with E-state index < -0.39 is 0 Å².